The third kappa shape index (κ3) is 4.73. The quantitative estimate of drug-likeness (QED) is 0.790. The molecule has 0 heterocycles. The Labute approximate surface area is 119 Å². The predicted octanol–water partition coefficient (Wildman–Crippen LogP) is 2.71. The van der Waals surface area contributed by atoms with Gasteiger partial charge in [0.15, 0.2) is 0 Å². The molecule has 0 fully saturated rings. The van der Waals surface area contributed by atoms with Gasteiger partial charge in [-0.25, -0.2) is 0 Å². The summed E-state index contributed by atoms with van der Waals surface area (Å²) in [4.78, 5) is 12.2. The zero-order chi connectivity index (χ0) is 14.4. The summed E-state index contributed by atoms with van der Waals surface area (Å²) in [7, 11) is 0. The predicted molar refractivity (Wildman–Crippen MR) is 78.4 cm³/mol. The Morgan fingerprint density at radius 3 is 2.74 bits per heavy atom. The van der Waals surface area contributed by atoms with E-state index < -0.39 is 0 Å². The molecule has 0 aliphatic rings. The summed E-state index contributed by atoms with van der Waals surface area (Å²) in [5, 5.41) is 3.42. The van der Waals surface area contributed by atoms with Crippen LogP contribution in [0.25, 0.3) is 0 Å². The van der Waals surface area contributed by atoms with Gasteiger partial charge < -0.3 is 15.8 Å². The number of halogens is 1. The van der Waals surface area contributed by atoms with Gasteiger partial charge in [-0.05, 0) is 31.0 Å². The Hall–Kier alpha value is -1.26. The molecule has 19 heavy (non-hydrogen) atoms. The highest BCUT2D eigenvalue weighted by molar-refractivity contribution is 6.31. The van der Waals surface area contributed by atoms with Crippen LogP contribution in [0, 0.1) is 5.92 Å². The number of nitrogens with two attached hydrogens (primary N) is 1. The van der Waals surface area contributed by atoms with Gasteiger partial charge in [0, 0.05) is 17.3 Å². The van der Waals surface area contributed by atoms with E-state index in [2.05, 4.69) is 5.32 Å². The van der Waals surface area contributed by atoms with Gasteiger partial charge in [-0.15, -0.1) is 0 Å². The van der Waals surface area contributed by atoms with Gasteiger partial charge in [-0.1, -0.05) is 25.4 Å². The lowest BCUT2D eigenvalue weighted by molar-refractivity contribution is 0.0807. The number of nitrogen functional groups attached to an aromatic ring is 1. The molecule has 0 radical (unpaired) electrons. The van der Waals surface area contributed by atoms with E-state index in [0.717, 1.165) is 0 Å². The van der Waals surface area contributed by atoms with E-state index in [9.17, 15) is 4.79 Å². The van der Waals surface area contributed by atoms with Crippen LogP contribution in [-0.4, -0.2) is 25.2 Å². The number of carbonyl (C=O) groups excluding carboxylic acids is 1. The van der Waals surface area contributed by atoms with Crippen LogP contribution in [0.3, 0.4) is 0 Å². The third-order valence-electron chi connectivity index (χ3n) is 2.88. The van der Waals surface area contributed by atoms with Crippen molar-refractivity contribution in [2.24, 2.45) is 5.92 Å². The molecule has 1 aromatic rings. The molecule has 0 saturated heterocycles. The van der Waals surface area contributed by atoms with Crippen molar-refractivity contribution in [3.8, 4) is 0 Å². The van der Waals surface area contributed by atoms with Crippen LogP contribution in [0.4, 0.5) is 5.69 Å². The summed E-state index contributed by atoms with van der Waals surface area (Å²) in [5.41, 5.74) is 6.61. The molecular weight excluding hydrogens is 264 g/mol. The van der Waals surface area contributed by atoms with Crippen LogP contribution in [0.2, 0.25) is 5.02 Å². The Morgan fingerprint density at radius 1 is 1.47 bits per heavy atom. The van der Waals surface area contributed by atoms with Gasteiger partial charge in [0.2, 0.25) is 0 Å². The fraction of sp³-hybridized carbons (Fsp3) is 0.500. The van der Waals surface area contributed by atoms with E-state index in [0.29, 0.717) is 29.5 Å². The minimum atomic E-state index is -0.224. The second-order valence-corrected chi connectivity index (χ2v) is 5.15. The zero-order valence-electron chi connectivity index (χ0n) is 11.6. The van der Waals surface area contributed by atoms with E-state index in [-0.39, 0.29) is 17.9 Å². The largest absolute Gasteiger partial charge is 0.398 e. The molecule has 1 aromatic carbocycles. The van der Waals surface area contributed by atoms with E-state index in [4.69, 9.17) is 22.1 Å². The first-order chi connectivity index (χ1) is 8.95. The van der Waals surface area contributed by atoms with Crippen LogP contribution in [0.15, 0.2) is 18.2 Å². The van der Waals surface area contributed by atoms with Crippen LogP contribution in [0.1, 0.15) is 31.1 Å². The standard InChI is InChI=1S/C14H21ClN2O2/c1-4-19-8-13(9(2)3)17-14(18)11-7-10(15)5-6-12(11)16/h5-7,9,13H,4,8,16H2,1-3H3,(H,17,18). The monoisotopic (exact) mass is 284 g/mol. The van der Waals surface area contributed by atoms with E-state index in [1.165, 1.54) is 0 Å². The lowest BCUT2D eigenvalue weighted by atomic mass is 10.0. The van der Waals surface area contributed by atoms with Gasteiger partial charge in [0.25, 0.3) is 5.91 Å². The number of nitrogens with one attached hydrogen (secondary N) is 1. The summed E-state index contributed by atoms with van der Waals surface area (Å²) in [6, 6.07) is 4.81. The summed E-state index contributed by atoms with van der Waals surface area (Å²) in [5.74, 6) is 0.0503. The topological polar surface area (TPSA) is 64.3 Å². The molecule has 1 rings (SSSR count). The van der Waals surface area contributed by atoms with E-state index >= 15 is 0 Å². The summed E-state index contributed by atoms with van der Waals surface area (Å²) in [6.07, 6.45) is 0. The van der Waals surface area contributed by atoms with Gasteiger partial charge in [0.1, 0.15) is 0 Å². The SMILES string of the molecule is CCOCC(NC(=O)c1cc(Cl)ccc1N)C(C)C. The Balaban J connectivity index is 2.78. The highest BCUT2D eigenvalue weighted by atomic mass is 35.5. The number of carbonyl (C=O) groups is 1. The molecule has 0 spiro atoms. The average Bonchev–Trinajstić information content (AvgIpc) is 2.36. The fourth-order valence-corrected chi connectivity index (χ4v) is 1.79. The smallest absolute Gasteiger partial charge is 0.253 e. The number of hydrogen-bond acceptors (Lipinski definition) is 3. The third-order valence-corrected chi connectivity index (χ3v) is 3.12. The molecule has 0 aliphatic carbocycles. The van der Waals surface area contributed by atoms with Crippen molar-refractivity contribution >= 4 is 23.2 Å². The second kappa shape index (κ2) is 7.36. The fourth-order valence-electron chi connectivity index (χ4n) is 1.62. The normalized spacial score (nSPS) is 12.5. The van der Waals surface area contributed by atoms with E-state index in [1.54, 1.807) is 18.2 Å². The number of rotatable bonds is 6. The lowest BCUT2D eigenvalue weighted by Crippen LogP contribution is -2.42. The number of amides is 1. The number of hydrogen-bond donors (Lipinski definition) is 2. The number of ether oxygens (including phenoxy) is 1. The van der Waals surface area contributed by atoms with E-state index in [1.807, 2.05) is 20.8 Å². The van der Waals surface area contributed by atoms with Gasteiger partial charge >= 0.3 is 0 Å². The molecule has 106 valence electrons. The molecule has 1 unspecified atom stereocenters. The molecule has 0 aromatic heterocycles. The average molecular weight is 285 g/mol. The molecule has 0 aliphatic heterocycles. The first-order valence-corrected chi connectivity index (χ1v) is 6.77. The highest BCUT2D eigenvalue weighted by Crippen LogP contribution is 2.18. The maximum atomic E-state index is 12.2. The number of benzene rings is 1. The van der Waals surface area contributed by atoms with Gasteiger partial charge in [-0.3, -0.25) is 4.79 Å². The molecule has 3 N–H and O–H groups in total. The van der Waals surface area contributed by atoms with Crippen molar-refractivity contribution in [3.05, 3.63) is 28.8 Å². The molecule has 0 saturated carbocycles. The highest BCUT2D eigenvalue weighted by Gasteiger charge is 2.18. The molecule has 1 amide bonds. The number of anilines is 1. The van der Waals surface area contributed by atoms with Crippen LogP contribution in [0.5, 0.6) is 0 Å². The minimum absolute atomic E-state index is 0.0502. The van der Waals surface area contributed by atoms with Crippen molar-refractivity contribution in [1.82, 2.24) is 5.32 Å². The van der Waals surface area contributed by atoms with Crippen molar-refractivity contribution in [1.29, 1.82) is 0 Å². The van der Waals surface area contributed by atoms with Crippen LogP contribution < -0.4 is 11.1 Å². The molecule has 4 nitrogen and oxygen atoms in total. The Kier molecular flexibility index (Phi) is 6.12. The van der Waals surface area contributed by atoms with Crippen molar-refractivity contribution in [2.45, 2.75) is 26.8 Å². The van der Waals surface area contributed by atoms with Gasteiger partial charge in [-0.2, -0.15) is 0 Å². The molecule has 5 heteroatoms. The maximum absolute atomic E-state index is 12.2. The minimum Gasteiger partial charge on any atom is -0.398 e. The molecule has 0 bridgehead atoms. The van der Waals surface area contributed by atoms with Crippen molar-refractivity contribution < 1.29 is 9.53 Å². The van der Waals surface area contributed by atoms with Crippen molar-refractivity contribution in [2.75, 3.05) is 18.9 Å². The van der Waals surface area contributed by atoms with Crippen LogP contribution >= 0.6 is 11.6 Å². The first-order valence-electron chi connectivity index (χ1n) is 6.39. The summed E-state index contributed by atoms with van der Waals surface area (Å²) >= 11 is 5.88. The second-order valence-electron chi connectivity index (χ2n) is 4.72. The lowest BCUT2D eigenvalue weighted by Gasteiger charge is -2.22. The van der Waals surface area contributed by atoms with Crippen LogP contribution in [-0.2, 0) is 4.74 Å². The molecule has 1 atom stereocenters. The Morgan fingerprint density at radius 2 is 2.16 bits per heavy atom. The summed E-state index contributed by atoms with van der Waals surface area (Å²) in [6.45, 7) is 7.10. The summed E-state index contributed by atoms with van der Waals surface area (Å²) < 4.78 is 5.38. The molecular formula is C14H21ClN2O2. The van der Waals surface area contributed by atoms with Gasteiger partial charge in [0.05, 0.1) is 18.2 Å². The first kappa shape index (κ1) is 15.8. The Bertz CT molecular complexity index is 435. The van der Waals surface area contributed by atoms with Crippen molar-refractivity contribution in [3.63, 3.8) is 0 Å². The maximum Gasteiger partial charge on any atom is 0.253 e. The zero-order valence-corrected chi connectivity index (χ0v) is 12.3.